The Labute approximate surface area is 90.2 Å². The minimum absolute atomic E-state index is 0.971. The molecule has 3 heteroatoms. The van der Waals surface area contributed by atoms with Crippen LogP contribution in [0, 0.1) is 0 Å². The number of hydrogen-bond acceptors (Lipinski definition) is 3. The second kappa shape index (κ2) is 5.65. The van der Waals surface area contributed by atoms with Crippen molar-refractivity contribution in [2.75, 3.05) is 11.9 Å². The van der Waals surface area contributed by atoms with Crippen molar-refractivity contribution in [3.05, 3.63) is 61.2 Å². The molecular formula is C12H15N3. The first-order valence-electron chi connectivity index (χ1n) is 4.64. The molecule has 0 saturated heterocycles. The smallest absolute Gasteiger partial charge is 0.0438 e. The number of nitrogens with two attached hydrogens (primary N) is 1. The molecular weight excluding hydrogens is 186 g/mol. The summed E-state index contributed by atoms with van der Waals surface area (Å²) in [6.45, 7) is 3.67. The Balaban J connectivity index is 2.96. The fraction of sp³-hybridized carbons (Fsp3) is 0.0833. The van der Waals surface area contributed by atoms with Gasteiger partial charge in [0, 0.05) is 30.8 Å². The number of likely N-dealkylation sites (N-methyl/N-ethyl adjacent to an activating group) is 1. The molecule has 0 bridgehead atoms. The van der Waals surface area contributed by atoms with Gasteiger partial charge in [0.25, 0.3) is 0 Å². The highest BCUT2D eigenvalue weighted by atomic mass is 15.1. The van der Waals surface area contributed by atoms with Crippen molar-refractivity contribution in [1.29, 1.82) is 0 Å². The molecule has 78 valence electrons. The van der Waals surface area contributed by atoms with Crippen LogP contribution >= 0.6 is 0 Å². The Kier molecular flexibility index (Phi) is 4.16. The van der Waals surface area contributed by atoms with Crippen LogP contribution in [0.15, 0.2) is 61.2 Å². The third-order valence-electron chi connectivity index (χ3n) is 1.99. The maximum absolute atomic E-state index is 5.38. The maximum Gasteiger partial charge on any atom is 0.0438 e. The van der Waals surface area contributed by atoms with Gasteiger partial charge in [0.1, 0.15) is 0 Å². The molecule has 0 aliphatic carbocycles. The first-order chi connectivity index (χ1) is 7.29. The number of allylic oxidation sites excluding steroid dienone is 3. The molecule has 3 nitrogen and oxygen atoms in total. The van der Waals surface area contributed by atoms with Crippen LogP contribution in [-0.2, 0) is 0 Å². The molecule has 0 fully saturated rings. The second-order valence-corrected chi connectivity index (χ2v) is 2.95. The molecule has 0 aliphatic rings. The highest BCUT2D eigenvalue weighted by Crippen LogP contribution is 2.16. The zero-order chi connectivity index (χ0) is 11.1. The number of anilines is 1. The second-order valence-electron chi connectivity index (χ2n) is 2.95. The van der Waals surface area contributed by atoms with Crippen LogP contribution in [0.4, 0.5) is 5.69 Å². The van der Waals surface area contributed by atoms with E-state index >= 15 is 0 Å². The van der Waals surface area contributed by atoms with Gasteiger partial charge in [0.2, 0.25) is 0 Å². The summed E-state index contributed by atoms with van der Waals surface area (Å²) in [7, 11) is 1.96. The number of hydrogen-bond donors (Lipinski definition) is 1. The summed E-state index contributed by atoms with van der Waals surface area (Å²) in [5.74, 6) is 0. The molecule has 0 amide bonds. The maximum atomic E-state index is 5.38. The molecule has 0 saturated carbocycles. The highest BCUT2D eigenvalue weighted by Gasteiger charge is 2.02. The van der Waals surface area contributed by atoms with E-state index in [4.69, 9.17) is 5.73 Å². The van der Waals surface area contributed by atoms with E-state index in [2.05, 4.69) is 11.6 Å². The molecule has 1 heterocycles. The summed E-state index contributed by atoms with van der Waals surface area (Å²) in [6.07, 6.45) is 10.5. The first kappa shape index (κ1) is 11.0. The van der Waals surface area contributed by atoms with Gasteiger partial charge < -0.3 is 10.6 Å². The summed E-state index contributed by atoms with van der Waals surface area (Å²) < 4.78 is 0. The van der Waals surface area contributed by atoms with Gasteiger partial charge in [0.15, 0.2) is 0 Å². The Morgan fingerprint density at radius 3 is 2.67 bits per heavy atom. The predicted molar refractivity (Wildman–Crippen MR) is 64.2 cm³/mol. The SMILES string of the molecule is C=C/C=C(\C=C/N)N(C)c1ccncc1. The molecule has 15 heavy (non-hydrogen) atoms. The predicted octanol–water partition coefficient (Wildman–Crippen LogP) is 2.06. The lowest BCUT2D eigenvalue weighted by Crippen LogP contribution is -2.15. The summed E-state index contributed by atoms with van der Waals surface area (Å²) in [6, 6.07) is 3.86. The van der Waals surface area contributed by atoms with Gasteiger partial charge in [-0.3, -0.25) is 4.98 Å². The molecule has 0 radical (unpaired) electrons. The van der Waals surface area contributed by atoms with Gasteiger partial charge in [-0.2, -0.15) is 0 Å². The van der Waals surface area contributed by atoms with Crippen LogP contribution in [0.5, 0.6) is 0 Å². The lowest BCUT2D eigenvalue weighted by atomic mass is 10.3. The van der Waals surface area contributed by atoms with Gasteiger partial charge in [0.05, 0.1) is 0 Å². The van der Waals surface area contributed by atoms with Gasteiger partial charge in [-0.15, -0.1) is 0 Å². The van der Waals surface area contributed by atoms with Gasteiger partial charge in [-0.1, -0.05) is 12.7 Å². The van der Waals surface area contributed by atoms with E-state index in [0.717, 1.165) is 11.4 Å². The molecule has 0 atom stereocenters. The molecule has 0 spiro atoms. The van der Waals surface area contributed by atoms with Crippen LogP contribution in [0.25, 0.3) is 0 Å². The minimum atomic E-state index is 0.971. The fourth-order valence-electron chi connectivity index (χ4n) is 1.22. The average Bonchev–Trinajstić information content (AvgIpc) is 2.29. The number of aromatic nitrogens is 1. The van der Waals surface area contributed by atoms with Crippen LogP contribution in [0.3, 0.4) is 0 Å². The van der Waals surface area contributed by atoms with E-state index in [0.29, 0.717) is 0 Å². The van der Waals surface area contributed by atoms with Crippen molar-refractivity contribution >= 4 is 5.69 Å². The lowest BCUT2D eigenvalue weighted by Gasteiger charge is -2.19. The van der Waals surface area contributed by atoms with Crippen LogP contribution in [0.1, 0.15) is 0 Å². The van der Waals surface area contributed by atoms with Crippen molar-refractivity contribution in [2.24, 2.45) is 5.73 Å². The summed E-state index contributed by atoms with van der Waals surface area (Å²) in [5, 5.41) is 0. The quantitative estimate of drug-likeness (QED) is 0.758. The number of nitrogens with zero attached hydrogens (tertiary/aromatic N) is 2. The topological polar surface area (TPSA) is 42.1 Å². The van der Waals surface area contributed by atoms with Crippen LogP contribution < -0.4 is 10.6 Å². The van der Waals surface area contributed by atoms with E-state index in [-0.39, 0.29) is 0 Å². The molecule has 1 aromatic heterocycles. The van der Waals surface area contributed by atoms with E-state index in [1.807, 2.05) is 36.2 Å². The van der Waals surface area contributed by atoms with Crippen LogP contribution in [-0.4, -0.2) is 12.0 Å². The van der Waals surface area contributed by atoms with E-state index in [1.54, 1.807) is 18.5 Å². The van der Waals surface area contributed by atoms with Crippen molar-refractivity contribution < 1.29 is 0 Å². The monoisotopic (exact) mass is 201 g/mol. The van der Waals surface area contributed by atoms with Crippen molar-refractivity contribution in [3.63, 3.8) is 0 Å². The van der Waals surface area contributed by atoms with Crippen LogP contribution in [0.2, 0.25) is 0 Å². The Morgan fingerprint density at radius 2 is 2.13 bits per heavy atom. The zero-order valence-electron chi connectivity index (χ0n) is 8.80. The lowest BCUT2D eigenvalue weighted by molar-refractivity contribution is 1.12. The Hall–Kier alpha value is -2.03. The van der Waals surface area contributed by atoms with Gasteiger partial charge in [-0.05, 0) is 30.5 Å². The molecule has 0 aromatic carbocycles. The molecule has 0 unspecified atom stereocenters. The highest BCUT2D eigenvalue weighted by molar-refractivity contribution is 5.53. The zero-order valence-corrected chi connectivity index (χ0v) is 8.80. The normalized spacial score (nSPS) is 11.7. The van der Waals surface area contributed by atoms with E-state index < -0.39 is 0 Å². The third kappa shape index (κ3) is 2.98. The standard InChI is InChI=1S/C12H15N3/c1-3-4-11(5-8-13)15(2)12-6-9-14-10-7-12/h3-10H,1,13H2,2H3/b8-5-,11-4+. The molecule has 0 aliphatic heterocycles. The van der Waals surface area contributed by atoms with Crippen molar-refractivity contribution in [2.45, 2.75) is 0 Å². The summed E-state index contributed by atoms with van der Waals surface area (Å²) in [5.41, 5.74) is 7.40. The first-order valence-corrected chi connectivity index (χ1v) is 4.64. The summed E-state index contributed by atoms with van der Waals surface area (Å²) in [4.78, 5) is 5.98. The largest absolute Gasteiger partial charge is 0.405 e. The van der Waals surface area contributed by atoms with Gasteiger partial charge >= 0.3 is 0 Å². The molecule has 2 N–H and O–H groups in total. The molecule has 1 rings (SSSR count). The van der Waals surface area contributed by atoms with Crippen molar-refractivity contribution in [3.8, 4) is 0 Å². The van der Waals surface area contributed by atoms with E-state index in [1.165, 1.54) is 6.20 Å². The number of pyridine rings is 1. The Bertz CT molecular complexity index is 366. The van der Waals surface area contributed by atoms with Gasteiger partial charge in [-0.25, -0.2) is 0 Å². The fourth-order valence-corrected chi connectivity index (χ4v) is 1.22. The third-order valence-corrected chi connectivity index (χ3v) is 1.99. The summed E-state index contributed by atoms with van der Waals surface area (Å²) >= 11 is 0. The number of rotatable bonds is 4. The molecule has 1 aromatic rings. The average molecular weight is 201 g/mol. The Morgan fingerprint density at radius 1 is 1.47 bits per heavy atom. The van der Waals surface area contributed by atoms with E-state index in [9.17, 15) is 0 Å². The minimum Gasteiger partial charge on any atom is -0.405 e. The van der Waals surface area contributed by atoms with Crippen molar-refractivity contribution in [1.82, 2.24) is 4.98 Å².